The molecule has 0 bridgehead atoms. The molecule has 1 rings (SSSR count). The molecule has 0 aromatic carbocycles. The Bertz CT molecular complexity index is 128. The molecule has 1 aliphatic carbocycles. The fourth-order valence-corrected chi connectivity index (χ4v) is 2.95. The first-order chi connectivity index (χ1) is 5.33. The molecule has 11 heavy (non-hydrogen) atoms. The van der Waals surface area contributed by atoms with E-state index in [1.54, 1.807) is 0 Å². The predicted molar refractivity (Wildman–Crippen MR) is 55.1 cm³/mol. The molecule has 0 atom stereocenters. The van der Waals surface area contributed by atoms with Crippen LogP contribution in [-0.2, 0) is 4.79 Å². The van der Waals surface area contributed by atoms with Crippen LogP contribution >= 0.6 is 22.6 Å². The van der Waals surface area contributed by atoms with Crippen LogP contribution in [0.25, 0.3) is 0 Å². The van der Waals surface area contributed by atoms with Crippen LogP contribution in [0.4, 0.5) is 0 Å². The second-order valence-electron chi connectivity index (χ2n) is 3.57. The third-order valence-electron chi connectivity index (χ3n) is 2.71. The molecular formula is C9H15IO. The van der Waals surface area contributed by atoms with E-state index in [0.717, 1.165) is 17.1 Å². The molecule has 1 nitrogen and oxygen atoms in total. The first-order valence-electron chi connectivity index (χ1n) is 4.33. The van der Waals surface area contributed by atoms with E-state index in [-0.39, 0.29) is 0 Å². The van der Waals surface area contributed by atoms with Gasteiger partial charge in [-0.3, -0.25) is 0 Å². The van der Waals surface area contributed by atoms with Crippen LogP contribution in [0.3, 0.4) is 0 Å². The summed E-state index contributed by atoms with van der Waals surface area (Å²) in [7, 11) is 0. The van der Waals surface area contributed by atoms with E-state index in [1.165, 1.54) is 32.1 Å². The number of halogens is 1. The van der Waals surface area contributed by atoms with Gasteiger partial charge in [0.2, 0.25) is 0 Å². The first kappa shape index (κ1) is 9.49. The van der Waals surface area contributed by atoms with Crippen LogP contribution < -0.4 is 0 Å². The van der Waals surface area contributed by atoms with Crippen molar-refractivity contribution in [2.75, 3.05) is 4.43 Å². The monoisotopic (exact) mass is 266 g/mol. The number of carbonyl (C=O) groups excluding carboxylic acids is 1. The Balaban J connectivity index is 2.49. The second-order valence-corrected chi connectivity index (χ2v) is 4.33. The van der Waals surface area contributed by atoms with Crippen LogP contribution in [-0.4, -0.2) is 10.7 Å². The molecule has 0 aliphatic heterocycles. The van der Waals surface area contributed by atoms with Gasteiger partial charge in [0.05, 0.1) is 0 Å². The van der Waals surface area contributed by atoms with E-state index in [1.807, 2.05) is 0 Å². The maximum absolute atomic E-state index is 10.4. The van der Waals surface area contributed by atoms with Gasteiger partial charge < -0.3 is 4.79 Å². The molecule has 64 valence electrons. The van der Waals surface area contributed by atoms with Gasteiger partial charge in [-0.2, -0.15) is 0 Å². The van der Waals surface area contributed by atoms with Gasteiger partial charge in [0.25, 0.3) is 0 Å². The summed E-state index contributed by atoms with van der Waals surface area (Å²) in [5, 5.41) is 0. The van der Waals surface area contributed by atoms with E-state index in [2.05, 4.69) is 22.6 Å². The van der Waals surface area contributed by atoms with Gasteiger partial charge in [-0.15, -0.1) is 0 Å². The Morgan fingerprint density at radius 3 is 2.36 bits per heavy atom. The number of aldehydes is 1. The molecular weight excluding hydrogens is 251 g/mol. The molecule has 0 radical (unpaired) electrons. The third-order valence-corrected chi connectivity index (χ3v) is 4.33. The zero-order valence-electron chi connectivity index (χ0n) is 6.81. The van der Waals surface area contributed by atoms with Crippen LogP contribution in [0.15, 0.2) is 0 Å². The maximum atomic E-state index is 10.4. The third kappa shape index (κ3) is 2.42. The SMILES string of the molecule is O=CCC1(CI)CCCCC1. The molecule has 1 fully saturated rings. The largest absolute Gasteiger partial charge is 0.303 e. The summed E-state index contributed by atoms with van der Waals surface area (Å²) >= 11 is 2.42. The van der Waals surface area contributed by atoms with Crippen molar-refractivity contribution in [1.29, 1.82) is 0 Å². The van der Waals surface area contributed by atoms with Gasteiger partial charge in [-0.25, -0.2) is 0 Å². The number of rotatable bonds is 3. The summed E-state index contributed by atoms with van der Waals surface area (Å²) in [6, 6.07) is 0. The van der Waals surface area contributed by atoms with E-state index in [0.29, 0.717) is 5.41 Å². The van der Waals surface area contributed by atoms with Crippen LogP contribution in [0.5, 0.6) is 0 Å². The number of hydrogen-bond acceptors (Lipinski definition) is 1. The highest BCUT2D eigenvalue weighted by atomic mass is 127. The minimum atomic E-state index is 0.389. The zero-order valence-corrected chi connectivity index (χ0v) is 8.97. The summed E-state index contributed by atoms with van der Waals surface area (Å²) in [5.41, 5.74) is 0.389. The normalized spacial score (nSPS) is 23.0. The second kappa shape index (κ2) is 4.43. The Kier molecular flexibility index (Phi) is 3.82. The van der Waals surface area contributed by atoms with Gasteiger partial charge in [-0.1, -0.05) is 41.9 Å². The minimum absolute atomic E-state index is 0.389. The lowest BCUT2D eigenvalue weighted by molar-refractivity contribution is -0.109. The Labute approximate surface area is 82.1 Å². The van der Waals surface area contributed by atoms with E-state index < -0.39 is 0 Å². The van der Waals surface area contributed by atoms with E-state index in [4.69, 9.17) is 0 Å². The summed E-state index contributed by atoms with van der Waals surface area (Å²) in [6.45, 7) is 0. The van der Waals surface area contributed by atoms with Crippen molar-refractivity contribution in [1.82, 2.24) is 0 Å². The highest BCUT2D eigenvalue weighted by Crippen LogP contribution is 2.39. The molecule has 0 saturated heterocycles. The minimum Gasteiger partial charge on any atom is -0.303 e. The first-order valence-corrected chi connectivity index (χ1v) is 5.85. The molecule has 0 amide bonds. The van der Waals surface area contributed by atoms with Crippen molar-refractivity contribution < 1.29 is 4.79 Å². The topological polar surface area (TPSA) is 17.1 Å². The van der Waals surface area contributed by atoms with Crippen molar-refractivity contribution in [2.45, 2.75) is 38.5 Å². The number of carbonyl (C=O) groups is 1. The van der Waals surface area contributed by atoms with Crippen LogP contribution in [0.2, 0.25) is 0 Å². The summed E-state index contributed by atoms with van der Waals surface area (Å²) in [4.78, 5) is 10.4. The van der Waals surface area contributed by atoms with Gasteiger partial charge in [-0.05, 0) is 18.3 Å². The molecule has 0 N–H and O–H groups in total. The van der Waals surface area contributed by atoms with Crippen molar-refractivity contribution in [3.8, 4) is 0 Å². The lowest BCUT2D eigenvalue weighted by Crippen LogP contribution is -2.26. The summed E-state index contributed by atoms with van der Waals surface area (Å²) in [6.07, 6.45) is 8.47. The average Bonchev–Trinajstić information content (AvgIpc) is 2.07. The summed E-state index contributed by atoms with van der Waals surface area (Å²) < 4.78 is 1.16. The lowest BCUT2D eigenvalue weighted by atomic mass is 9.74. The van der Waals surface area contributed by atoms with Crippen molar-refractivity contribution in [3.05, 3.63) is 0 Å². The molecule has 0 spiro atoms. The number of hydrogen-bond donors (Lipinski definition) is 0. The molecule has 1 saturated carbocycles. The van der Waals surface area contributed by atoms with Crippen molar-refractivity contribution in [2.24, 2.45) is 5.41 Å². The smallest absolute Gasteiger partial charge is 0.120 e. The average molecular weight is 266 g/mol. The zero-order chi connectivity index (χ0) is 8.16. The quantitative estimate of drug-likeness (QED) is 0.436. The van der Waals surface area contributed by atoms with E-state index in [9.17, 15) is 4.79 Å². The Hall–Kier alpha value is 0.400. The standard InChI is InChI=1S/C9H15IO/c10-8-9(6-7-11)4-2-1-3-5-9/h7H,1-6,8H2. The molecule has 0 aromatic rings. The maximum Gasteiger partial charge on any atom is 0.120 e. The van der Waals surface area contributed by atoms with Gasteiger partial charge in [0, 0.05) is 10.8 Å². The highest BCUT2D eigenvalue weighted by Gasteiger charge is 2.29. The number of alkyl halides is 1. The molecule has 0 unspecified atom stereocenters. The summed E-state index contributed by atoms with van der Waals surface area (Å²) in [5.74, 6) is 0. The van der Waals surface area contributed by atoms with Crippen LogP contribution in [0.1, 0.15) is 38.5 Å². The predicted octanol–water partition coefficient (Wildman–Crippen LogP) is 2.96. The molecule has 0 aromatic heterocycles. The lowest BCUT2D eigenvalue weighted by Gasteiger charge is -2.33. The molecule has 2 heteroatoms. The van der Waals surface area contributed by atoms with Gasteiger partial charge in [0.15, 0.2) is 0 Å². The Morgan fingerprint density at radius 2 is 1.91 bits per heavy atom. The Morgan fingerprint density at radius 1 is 1.27 bits per heavy atom. The van der Waals surface area contributed by atoms with Crippen molar-refractivity contribution >= 4 is 28.9 Å². The van der Waals surface area contributed by atoms with Crippen molar-refractivity contribution in [3.63, 3.8) is 0 Å². The molecule has 0 heterocycles. The molecule has 1 aliphatic rings. The van der Waals surface area contributed by atoms with Gasteiger partial charge >= 0.3 is 0 Å². The van der Waals surface area contributed by atoms with Gasteiger partial charge in [0.1, 0.15) is 6.29 Å². The van der Waals surface area contributed by atoms with Crippen LogP contribution in [0, 0.1) is 5.41 Å². The van der Waals surface area contributed by atoms with E-state index >= 15 is 0 Å². The highest BCUT2D eigenvalue weighted by molar-refractivity contribution is 14.1. The fraction of sp³-hybridized carbons (Fsp3) is 0.889. The fourth-order valence-electron chi connectivity index (χ4n) is 1.87.